The summed E-state index contributed by atoms with van der Waals surface area (Å²) in [4.78, 5) is 23.7. The summed E-state index contributed by atoms with van der Waals surface area (Å²) in [5.41, 5.74) is 0.521. The van der Waals surface area contributed by atoms with Gasteiger partial charge < -0.3 is 10.6 Å². The third-order valence-electron chi connectivity index (χ3n) is 4.71. The lowest BCUT2D eigenvalue weighted by Crippen LogP contribution is -2.42. The quantitative estimate of drug-likeness (QED) is 0.868. The van der Waals surface area contributed by atoms with Gasteiger partial charge in [-0.25, -0.2) is 9.97 Å². The van der Waals surface area contributed by atoms with Gasteiger partial charge in [-0.05, 0) is 37.0 Å². The second-order valence-electron chi connectivity index (χ2n) is 6.60. The zero-order valence-electron chi connectivity index (χ0n) is 13.6. The monoisotopic (exact) mass is 363 g/mol. The molecule has 1 aliphatic carbocycles. The normalized spacial score (nSPS) is 24.2. The Kier molecular flexibility index (Phi) is 4.10. The van der Waals surface area contributed by atoms with Crippen LogP contribution in [0.4, 0.5) is 13.2 Å². The number of carbonyl (C=O) groups excluding carboxylic acids is 1. The minimum atomic E-state index is -4.48. The lowest BCUT2D eigenvalue weighted by molar-refractivity contribution is -0.141. The predicted octanol–water partition coefficient (Wildman–Crippen LogP) is 1.92. The Morgan fingerprint density at radius 3 is 2.73 bits per heavy atom. The Bertz CT molecular complexity index is 814. The summed E-state index contributed by atoms with van der Waals surface area (Å²) in [6.45, 7) is 0.232. The van der Waals surface area contributed by atoms with Crippen LogP contribution in [0, 0.1) is 5.92 Å². The molecular formula is C17H16F3N5O. The number of amides is 1. The largest absolute Gasteiger partial charge is 0.433 e. The van der Waals surface area contributed by atoms with Crippen molar-refractivity contribution in [1.29, 1.82) is 0 Å². The molecule has 1 saturated carbocycles. The zero-order chi connectivity index (χ0) is 18.3. The Hall–Kier alpha value is -2.55. The highest BCUT2D eigenvalue weighted by Crippen LogP contribution is 2.40. The second kappa shape index (κ2) is 6.31. The molecule has 4 rings (SSSR count). The van der Waals surface area contributed by atoms with Crippen molar-refractivity contribution in [3.05, 3.63) is 42.1 Å². The van der Waals surface area contributed by atoms with Crippen molar-refractivity contribution in [3.63, 3.8) is 0 Å². The van der Waals surface area contributed by atoms with Crippen LogP contribution in [-0.2, 0) is 17.5 Å². The molecule has 3 atom stereocenters. The van der Waals surface area contributed by atoms with Gasteiger partial charge in [-0.15, -0.1) is 0 Å². The summed E-state index contributed by atoms with van der Waals surface area (Å²) in [6.07, 6.45) is -0.0167. The van der Waals surface area contributed by atoms with Crippen LogP contribution in [-0.4, -0.2) is 32.9 Å². The molecule has 0 spiro atoms. The maximum absolute atomic E-state index is 12.6. The Morgan fingerprint density at radius 1 is 1.23 bits per heavy atom. The predicted molar refractivity (Wildman–Crippen MR) is 85.5 cm³/mol. The molecule has 0 aromatic carbocycles. The van der Waals surface area contributed by atoms with Gasteiger partial charge in [0.05, 0.1) is 24.0 Å². The second-order valence-corrected chi connectivity index (χ2v) is 6.60. The van der Waals surface area contributed by atoms with Crippen molar-refractivity contribution < 1.29 is 18.0 Å². The van der Waals surface area contributed by atoms with Gasteiger partial charge in [-0.2, -0.15) is 13.2 Å². The van der Waals surface area contributed by atoms with Crippen molar-refractivity contribution in [1.82, 2.24) is 25.6 Å². The first-order valence-corrected chi connectivity index (χ1v) is 8.28. The summed E-state index contributed by atoms with van der Waals surface area (Å²) in [5.74, 6) is 0.567. The first-order chi connectivity index (χ1) is 12.4. The average Bonchev–Trinajstić information content (AvgIpc) is 3.24. The number of hydrogen-bond donors (Lipinski definition) is 2. The summed E-state index contributed by atoms with van der Waals surface area (Å²) in [5, 5.41) is 6.11. The van der Waals surface area contributed by atoms with E-state index < -0.39 is 11.9 Å². The number of nitrogens with one attached hydrogen (secondary N) is 2. The highest BCUT2D eigenvalue weighted by Gasteiger charge is 2.47. The van der Waals surface area contributed by atoms with Gasteiger partial charge in [0.25, 0.3) is 0 Å². The molecule has 0 radical (unpaired) electrons. The van der Waals surface area contributed by atoms with Crippen molar-refractivity contribution in [2.45, 2.75) is 37.6 Å². The third-order valence-corrected chi connectivity index (χ3v) is 4.71. The lowest BCUT2D eigenvalue weighted by atomic mass is 10.1. The summed E-state index contributed by atoms with van der Waals surface area (Å²) in [7, 11) is 0. The molecule has 2 fully saturated rings. The van der Waals surface area contributed by atoms with Crippen LogP contribution in [0.25, 0.3) is 11.3 Å². The van der Waals surface area contributed by atoms with Crippen molar-refractivity contribution >= 4 is 5.91 Å². The van der Waals surface area contributed by atoms with Gasteiger partial charge in [-0.1, -0.05) is 0 Å². The molecule has 26 heavy (non-hydrogen) atoms. The van der Waals surface area contributed by atoms with Gasteiger partial charge in [0.1, 0.15) is 12.0 Å². The van der Waals surface area contributed by atoms with Crippen LogP contribution in [0.3, 0.4) is 0 Å². The molecule has 2 aromatic rings. The molecule has 9 heteroatoms. The highest BCUT2D eigenvalue weighted by molar-refractivity contribution is 5.82. The van der Waals surface area contributed by atoms with Crippen molar-refractivity contribution in [2.75, 3.05) is 0 Å². The molecule has 3 unspecified atom stereocenters. The number of hydrogen-bond acceptors (Lipinski definition) is 5. The molecule has 0 bridgehead atoms. The van der Waals surface area contributed by atoms with E-state index >= 15 is 0 Å². The molecule has 1 saturated heterocycles. The smallest absolute Gasteiger partial charge is 0.349 e. The molecule has 1 aliphatic heterocycles. The Balaban J connectivity index is 1.40. The number of alkyl halides is 3. The van der Waals surface area contributed by atoms with E-state index in [4.69, 9.17) is 0 Å². The molecular weight excluding hydrogens is 347 g/mol. The molecule has 1 amide bonds. The number of aromatic nitrogens is 3. The number of halogens is 3. The maximum Gasteiger partial charge on any atom is 0.433 e. The molecule has 2 aromatic heterocycles. The lowest BCUT2D eigenvalue weighted by Gasteiger charge is -2.13. The van der Waals surface area contributed by atoms with Crippen molar-refractivity contribution in [3.8, 4) is 11.3 Å². The summed E-state index contributed by atoms with van der Waals surface area (Å²) < 4.78 is 37.8. The van der Waals surface area contributed by atoms with Crippen LogP contribution in [0.1, 0.15) is 24.2 Å². The fourth-order valence-electron chi connectivity index (χ4n) is 3.19. The first-order valence-electron chi connectivity index (χ1n) is 8.28. The minimum Gasteiger partial charge on any atom is -0.349 e. The molecule has 136 valence electrons. The molecule has 2 aliphatic rings. The standard InChI is InChI=1S/C17H16F3N5O/c18-17(19,20)15-2-1-9(6-21-15)12-5-11(23-8-24-12)7-22-16(26)14-4-10-3-13(10)25-14/h1-2,5-6,8,10,13-14,25H,3-4,7H2,(H,22,26). The van der Waals surface area contributed by atoms with Crippen LogP contribution < -0.4 is 10.6 Å². The SMILES string of the molecule is O=C(NCc1cc(-c2ccc(C(F)(F)F)nc2)ncn1)C1CC2CC2N1. The van der Waals surface area contributed by atoms with E-state index in [9.17, 15) is 18.0 Å². The van der Waals surface area contributed by atoms with E-state index in [2.05, 4.69) is 25.6 Å². The van der Waals surface area contributed by atoms with E-state index in [1.165, 1.54) is 12.4 Å². The van der Waals surface area contributed by atoms with E-state index in [0.717, 1.165) is 25.1 Å². The van der Waals surface area contributed by atoms with Crippen LogP contribution in [0.5, 0.6) is 0 Å². The van der Waals surface area contributed by atoms with E-state index in [-0.39, 0.29) is 18.5 Å². The van der Waals surface area contributed by atoms with Crippen LogP contribution in [0.2, 0.25) is 0 Å². The van der Waals surface area contributed by atoms with Gasteiger partial charge in [0.2, 0.25) is 5.91 Å². The average molecular weight is 363 g/mol. The van der Waals surface area contributed by atoms with Gasteiger partial charge in [-0.3, -0.25) is 9.78 Å². The summed E-state index contributed by atoms with van der Waals surface area (Å²) in [6, 6.07) is 4.19. The number of nitrogens with zero attached hydrogens (tertiary/aromatic N) is 3. The molecule has 6 nitrogen and oxygen atoms in total. The van der Waals surface area contributed by atoms with Crippen molar-refractivity contribution in [2.24, 2.45) is 5.92 Å². The van der Waals surface area contributed by atoms with Gasteiger partial charge in [0, 0.05) is 17.8 Å². The Morgan fingerprint density at radius 2 is 2.08 bits per heavy atom. The molecule has 3 heterocycles. The first kappa shape index (κ1) is 16.9. The highest BCUT2D eigenvalue weighted by atomic mass is 19.4. The Labute approximate surface area is 147 Å². The number of carbonyl (C=O) groups is 1. The number of pyridine rings is 1. The van der Waals surface area contributed by atoms with E-state index in [1.807, 2.05) is 0 Å². The van der Waals surface area contributed by atoms with Gasteiger partial charge >= 0.3 is 6.18 Å². The van der Waals surface area contributed by atoms with Crippen LogP contribution in [0.15, 0.2) is 30.7 Å². The maximum atomic E-state index is 12.6. The molecule has 2 N–H and O–H groups in total. The summed E-state index contributed by atoms with van der Waals surface area (Å²) >= 11 is 0. The van der Waals surface area contributed by atoms with E-state index in [1.54, 1.807) is 6.07 Å². The fourth-order valence-corrected chi connectivity index (χ4v) is 3.19. The van der Waals surface area contributed by atoms with E-state index in [0.29, 0.717) is 28.9 Å². The third kappa shape index (κ3) is 3.52. The topological polar surface area (TPSA) is 79.8 Å². The minimum absolute atomic E-state index is 0.0615. The fraction of sp³-hybridized carbons (Fsp3) is 0.412. The van der Waals surface area contributed by atoms with Gasteiger partial charge in [0.15, 0.2) is 0 Å². The number of rotatable bonds is 4. The number of fused-ring (bicyclic) bond motifs is 1. The zero-order valence-corrected chi connectivity index (χ0v) is 13.6. The van der Waals surface area contributed by atoms with Crippen LogP contribution >= 0.6 is 0 Å². The number of piperidine rings is 1.